The summed E-state index contributed by atoms with van der Waals surface area (Å²) in [5.41, 5.74) is 1.63. The first-order valence-electron chi connectivity index (χ1n) is 10.1. The number of hydrogen-bond donors (Lipinski definition) is 0. The normalized spacial score (nSPS) is 43.3. The third kappa shape index (κ3) is 3.62. The Bertz CT molecular complexity index is 363. The minimum Gasteiger partial charge on any atom is -0.0825 e. The van der Waals surface area contributed by atoms with Crippen molar-refractivity contribution in [2.45, 2.75) is 80.6 Å². The highest BCUT2D eigenvalue weighted by Gasteiger charge is 2.43. The van der Waals surface area contributed by atoms with Crippen LogP contribution < -0.4 is 0 Å². The number of rotatable bonds is 4. The summed E-state index contributed by atoms with van der Waals surface area (Å²) in [7, 11) is 0. The van der Waals surface area contributed by atoms with Gasteiger partial charge in [0.25, 0.3) is 0 Å². The minimum atomic E-state index is 0.781. The van der Waals surface area contributed by atoms with Crippen molar-refractivity contribution in [3.05, 3.63) is 11.6 Å². The summed E-state index contributed by atoms with van der Waals surface area (Å²) in [5.74, 6) is 7.29. The molecule has 1 saturated carbocycles. The molecule has 0 aromatic rings. The molecule has 0 N–H and O–H groups in total. The second-order valence-electron chi connectivity index (χ2n) is 8.97. The SMILES string of the molecule is CCC(CC)C1C[C@@H](C)C([C@@H]2[C@H](C)C=C(C)C[C@@H]2C)[C@@H](C)C1. The lowest BCUT2D eigenvalue weighted by Crippen LogP contribution is -2.42. The van der Waals surface area contributed by atoms with E-state index in [0.29, 0.717) is 0 Å². The molecule has 1 fully saturated rings. The van der Waals surface area contributed by atoms with Gasteiger partial charge in [-0.15, -0.1) is 0 Å². The van der Waals surface area contributed by atoms with Crippen LogP contribution in [0.4, 0.5) is 0 Å². The monoisotopic (exact) mass is 304 g/mol. The molecule has 2 rings (SSSR count). The third-order valence-electron chi connectivity index (χ3n) is 7.28. The zero-order valence-electron chi connectivity index (χ0n) is 16.2. The molecule has 7 atom stereocenters. The second-order valence-corrected chi connectivity index (χ2v) is 8.97. The maximum absolute atomic E-state index is 2.58. The van der Waals surface area contributed by atoms with Gasteiger partial charge in [0.05, 0.1) is 0 Å². The van der Waals surface area contributed by atoms with E-state index in [-0.39, 0.29) is 0 Å². The molecule has 0 spiro atoms. The summed E-state index contributed by atoms with van der Waals surface area (Å²) >= 11 is 0. The van der Waals surface area contributed by atoms with Gasteiger partial charge in [-0.05, 0) is 73.5 Å². The molecule has 0 radical (unpaired) electrons. The Labute approximate surface area is 140 Å². The summed E-state index contributed by atoms with van der Waals surface area (Å²) < 4.78 is 0. The molecule has 0 heterocycles. The number of allylic oxidation sites excluding steroid dienone is 2. The van der Waals surface area contributed by atoms with Crippen LogP contribution in [0.5, 0.6) is 0 Å². The Balaban J connectivity index is 2.13. The molecule has 2 aliphatic carbocycles. The highest BCUT2D eigenvalue weighted by Crippen LogP contribution is 2.51. The van der Waals surface area contributed by atoms with E-state index < -0.39 is 0 Å². The van der Waals surface area contributed by atoms with Crippen molar-refractivity contribution in [2.24, 2.45) is 47.3 Å². The quantitative estimate of drug-likeness (QED) is 0.492. The van der Waals surface area contributed by atoms with Gasteiger partial charge >= 0.3 is 0 Å². The van der Waals surface area contributed by atoms with Gasteiger partial charge in [0.1, 0.15) is 0 Å². The largest absolute Gasteiger partial charge is 0.0825 e. The van der Waals surface area contributed by atoms with Gasteiger partial charge in [-0.1, -0.05) is 66.0 Å². The topological polar surface area (TPSA) is 0 Å². The fourth-order valence-electron chi connectivity index (χ4n) is 6.55. The minimum absolute atomic E-state index is 0.781. The molecule has 22 heavy (non-hydrogen) atoms. The predicted molar refractivity (Wildman–Crippen MR) is 98.8 cm³/mol. The summed E-state index contributed by atoms with van der Waals surface area (Å²) in [6.07, 6.45) is 9.64. The van der Waals surface area contributed by atoms with Crippen molar-refractivity contribution in [3.63, 3.8) is 0 Å². The van der Waals surface area contributed by atoms with Crippen LogP contribution in [0.25, 0.3) is 0 Å². The third-order valence-corrected chi connectivity index (χ3v) is 7.28. The van der Waals surface area contributed by atoms with E-state index in [2.05, 4.69) is 54.5 Å². The Hall–Kier alpha value is -0.260. The molecule has 0 aliphatic heterocycles. The predicted octanol–water partition coefficient (Wildman–Crippen LogP) is 6.96. The Morgan fingerprint density at radius 3 is 1.91 bits per heavy atom. The molecule has 2 unspecified atom stereocenters. The lowest BCUT2D eigenvalue weighted by molar-refractivity contribution is 0.0129. The van der Waals surface area contributed by atoms with Gasteiger partial charge in [-0.25, -0.2) is 0 Å². The van der Waals surface area contributed by atoms with Crippen LogP contribution in [0, 0.1) is 47.3 Å². The first-order chi connectivity index (χ1) is 10.4. The molecule has 0 nitrogen and oxygen atoms in total. The van der Waals surface area contributed by atoms with Crippen molar-refractivity contribution in [3.8, 4) is 0 Å². The van der Waals surface area contributed by atoms with Crippen molar-refractivity contribution < 1.29 is 0 Å². The Morgan fingerprint density at radius 2 is 1.45 bits per heavy atom. The smallest absolute Gasteiger partial charge is 0.0226 e. The van der Waals surface area contributed by atoms with E-state index in [1.807, 2.05) is 0 Å². The second kappa shape index (κ2) is 7.54. The van der Waals surface area contributed by atoms with Crippen LogP contribution in [-0.2, 0) is 0 Å². The van der Waals surface area contributed by atoms with Gasteiger partial charge in [-0.2, -0.15) is 0 Å². The van der Waals surface area contributed by atoms with Gasteiger partial charge in [0, 0.05) is 0 Å². The lowest BCUT2D eigenvalue weighted by atomic mass is 9.56. The summed E-state index contributed by atoms with van der Waals surface area (Å²) in [4.78, 5) is 0. The van der Waals surface area contributed by atoms with Gasteiger partial charge in [0.2, 0.25) is 0 Å². The van der Waals surface area contributed by atoms with Gasteiger partial charge in [-0.3, -0.25) is 0 Å². The van der Waals surface area contributed by atoms with Crippen LogP contribution in [-0.4, -0.2) is 0 Å². The first-order valence-corrected chi connectivity index (χ1v) is 10.1. The maximum atomic E-state index is 2.58. The van der Waals surface area contributed by atoms with E-state index in [1.165, 1.54) is 32.1 Å². The average Bonchev–Trinajstić information content (AvgIpc) is 2.42. The zero-order valence-corrected chi connectivity index (χ0v) is 16.2. The molecule has 0 amide bonds. The van der Waals surface area contributed by atoms with E-state index in [9.17, 15) is 0 Å². The standard InChI is InChI=1S/C22H40/c1-8-19(9-2)20-12-17(6)22(18(7)13-20)21-15(4)10-14(3)11-16(21)5/h10,15-22H,8-9,11-13H2,1-7H3/t15-,16+,17-,18+,20?,21-,22?/m1/s1. The summed E-state index contributed by atoms with van der Waals surface area (Å²) in [6, 6.07) is 0. The molecular formula is C22H40. The van der Waals surface area contributed by atoms with E-state index in [4.69, 9.17) is 0 Å². The fraction of sp³-hybridized carbons (Fsp3) is 0.909. The van der Waals surface area contributed by atoms with Crippen LogP contribution in [0.3, 0.4) is 0 Å². The molecule has 0 bridgehead atoms. The van der Waals surface area contributed by atoms with Crippen LogP contribution >= 0.6 is 0 Å². The molecule has 2 aliphatic rings. The average molecular weight is 305 g/mol. The molecular weight excluding hydrogens is 264 g/mol. The Morgan fingerprint density at radius 1 is 0.909 bits per heavy atom. The summed E-state index contributed by atoms with van der Waals surface area (Å²) in [5, 5.41) is 0. The van der Waals surface area contributed by atoms with Crippen molar-refractivity contribution >= 4 is 0 Å². The van der Waals surface area contributed by atoms with E-state index in [1.54, 1.807) is 5.57 Å². The highest BCUT2D eigenvalue weighted by atomic mass is 14.5. The van der Waals surface area contributed by atoms with Crippen molar-refractivity contribution in [1.82, 2.24) is 0 Å². The molecule has 0 saturated heterocycles. The first kappa shape index (κ1) is 18.1. The molecule has 128 valence electrons. The lowest BCUT2D eigenvalue weighted by Gasteiger charge is -2.49. The van der Waals surface area contributed by atoms with Crippen molar-refractivity contribution in [1.29, 1.82) is 0 Å². The van der Waals surface area contributed by atoms with E-state index in [0.717, 1.165) is 47.3 Å². The fourth-order valence-corrected chi connectivity index (χ4v) is 6.55. The molecule has 0 aromatic heterocycles. The van der Waals surface area contributed by atoms with Crippen LogP contribution in [0.2, 0.25) is 0 Å². The summed E-state index contributed by atoms with van der Waals surface area (Å²) in [6.45, 7) is 17.3. The van der Waals surface area contributed by atoms with E-state index >= 15 is 0 Å². The van der Waals surface area contributed by atoms with Crippen LogP contribution in [0.1, 0.15) is 80.6 Å². The Kier molecular flexibility index (Phi) is 6.20. The molecule has 0 aromatic carbocycles. The van der Waals surface area contributed by atoms with Crippen LogP contribution in [0.15, 0.2) is 11.6 Å². The zero-order chi connectivity index (χ0) is 16.4. The van der Waals surface area contributed by atoms with Gasteiger partial charge < -0.3 is 0 Å². The maximum Gasteiger partial charge on any atom is -0.0226 e. The highest BCUT2D eigenvalue weighted by molar-refractivity contribution is 5.10. The van der Waals surface area contributed by atoms with Crippen molar-refractivity contribution in [2.75, 3.05) is 0 Å². The molecule has 0 heteroatoms. The number of hydrogen-bond acceptors (Lipinski definition) is 0. The van der Waals surface area contributed by atoms with Gasteiger partial charge in [0.15, 0.2) is 0 Å².